The summed E-state index contributed by atoms with van der Waals surface area (Å²) in [5.74, 6) is 0.495. The molecule has 28 heavy (non-hydrogen) atoms. The Bertz CT molecular complexity index is 678. The monoisotopic (exact) mass is 406 g/mol. The molecule has 1 aliphatic carbocycles. The van der Waals surface area contributed by atoms with Crippen LogP contribution in [0.1, 0.15) is 51.0 Å². The van der Waals surface area contributed by atoms with E-state index in [9.17, 15) is 4.79 Å². The fourth-order valence-corrected chi connectivity index (χ4v) is 4.43. The van der Waals surface area contributed by atoms with Gasteiger partial charge < -0.3 is 20.7 Å². The van der Waals surface area contributed by atoms with Crippen molar-refractivity contribution in [1.29, 1.82) is 0 Å². The van der Waals surface area contributed by atoms with Crippen LogP contribution in [-0.4, -0.2) is 49.2 Å². The summed E-state index contributed by atoms with van der Waals surface area (Å²) in [6, 6.07) is 8.40. The molecule has 6 nitrogen and oxygen atoms in total. The third-order valence-electron chi connectivity index (χ3n) is 5.94. The summed E-state index contributed by atoms with van der Waals surface area (Å²) in [7, 11) is 0. The first-order chi connectivity index (χ1) is 13.5. The average molecular weight is 407 g/mol. The number of amides is 1. The van der Waals surface area contributed by atoms with Crippen molar-refractivity contribution in [2.24, 2.45) is 10.7 Å². The Hall–Kier alpha value is -1.95. The van der Waals surface area contributed by atoms with Crippen LogP contribution in [0, 0.1) is 0 Å². The van der Waals surface area contributed by atoms with Crippen molar-refractivity contribution in [3.8, 4) is 0 Å². The maximum atomic E-state index is 11.8. The Morgan fingerprint density at radius 1 is 1.29 bits per heavy atom. The van der Waals surface area contributed by atoms with Gasteiger partial charge in [-0.05, 0) is 50.3 Å². The smallest absolute Gasteiger partial charge is 0.409 e. The van der Waals surface area contributed by atoms with E-state index in [4.69, 9.17) is 27.1 Å². The molecular weight excluding hydrogens is 376 g/mol. The topological polar surface area (TPSA) is 80.0 Å². The maximum Gasteiger partial charge on any atom is 0.409 e. The zero-order chi connectivity index (χ0) is 20.0. The van der Waals surface area contributed by atoms with Gasteiger partial charge in [-0.25, -0.2) is 4.79 Å². The lowest BCUT2D eigenvalue weighted by molar-refractivity contribution is 0.0963. The minimum atomic E-state index is -0.228. The predicted octanol–water partition coefficient (Wildman–Crippen LogP) is 3.68. The van der Waals surface area contributed by atoms with Crippen LogP contribution in [-0.2, 0) is 10.2 Å². The molecule has 1 heterocycles. The van der Waals surface area contributed by atoms with Crippen LogP contribution in [0.2, 0.25) is 5.02 Å². The number of nitrogens with two attached hydrogens (primary N) is 1. The first kappa shape index (κ1) is 20.8. The van der Waals surface area contributed by atoms with E-state index in [2.05, 4.69) is 17.4 Å². The molecule has 2 fully saturated rings. The molecule has 3 N–H and O–H groups in total. The summed E-state index contributed by atoms with van der Waals surface area (Å²) in [6.45, 7) is 4.28. The van der Waals surface area contributed by atoms with Crippen LogP contribution >= 0.6 is 11.6 Å². The fourth-order valence-electron chi connectivity index (χ4n) is 4.31. The lowest BCUT2D eigenvalue weighted by atomic mass is 9.79. The standard InChI is InChI=1S/C21H31ClN4O2/c1-2-28-20(27)26-13-9-18(10-14-26)25-19(23)24-15-21(11-3-4-12-21)16-5-7-17(22)8-6-16/h5-8,18H,2-4,9-15H2,1H3,(H3,23,24,25). The van der Waals surface area contributed by atoms with Crippen LogP contribution in [0.5, 0.6) is 0 Å². The molecule has 2 aliphatic rings. The quantitative estimate of drug-likeness (QED) is 0.577. The van der Waals surface area contributed by atoms with Crippen molar-refractivity contribution in [3.05, 3.63) is 34.9 Å². The highest BCUT2D eigenvalue weighted by atomic mass is 35.5. The molecule has 0 spiro atoms. The molecule has 0 aromatic heterocycles. The molecule has 7 heteroatoms. The van der Waals surface area contributed by atoms with E-state index in [1.165, 1.54) is 18.4 Å². The molecule has 0 bridgehead atoms. The van der Waals surface area contributed by atoms with Gasteiger partial charge in [-0.15, -0.1) is 0 Å². The highest BCUT2D eigenvalue weighted by Crippen LogP contribution is 2.41. The van der Waals surface area contributed by atoms with Crippen molar-refractivity contribution in [2.75, 3.05) is 26.2 Å². The van der Waals surface area contributed by atoms with Crippen LogP contribution in [0.25, 0.3) is 0 Å². The molecule has 1 aromatic carbocycles. The van der Waals surface area contributed by atoms with E-state index >= 15 is 0 Å². The fraction of sp³-hybridized carbons (Fsp3) is 0.619. The molecule has 1 amide bonds. The molecule has 1 aromatic rings. The zero-order valence-corrected chi connectivity index (χ0v) is 17.4. The van der Waals surface area contributed by atoms with Crippen LogP contribution in [0.3, 0.4) is 0 Å². The molecule has 0 unspecified atom stereocenters. The van der Waals surface area contributed by atoms with E-state index in [1.54, 1.807) is 4.90 Å². The van der Waals surface area contributed by atoms with E-state index < -0.39 is 0 Å². The van der Waals surface area contributed by atoms with E-state index in [-0.39, 0.29) is 17.6 Å². The number of aliphatic imine (C=N–C) groups is 1. The van der Waals surface area contributed by atoms with Gasteiger partial charge in [0.15, 0.2) is 5.96 Å². The first-order valence-electron chi connectivity index (χ1n) is 10.3. The van der Waals surface area contributed by atoms with Crippen molar-refractivity contribution < 1.29 is 9.53 Å². The minimum absolute atomic E-state index is 0.0597. The van der Waals surface area contributed by atoms with Gasteiger partial charge in [-0.3, -0.25) is 4.99 Å². The number of halogens is 1. The maximum absolute atomic E-state index is 11.8. The van der Waals surface area contributed by atoms with Crippen molar-refractivity contribution in [2.45, 2.75) is 56.9 Å². The molecule has 0 atom stereocenters. The number of carbonyl (C=O) groups excluding carboxylic acids is 1. The van der Waals surface area contributed by atoms with Crippen LogP contribution < -0.4 is 11.1 Å². The summed E-state index contributed by atoms with van der Waals surface area (Å²) >= 11 is 6.06. The van der Waals surface area contributed by atoms with Gasteiger partial charge in [0.05, 0.1) is 13.2 Å². The van der Waals surface area contributed by atoms with Crippen molar-refractivity contribution in [3.63, 3.8) is 0 Å². The third kappa shape index (κ3) is 5.10. The minimum Gasteiger partial charge on any atom is -0.450 e. The van der Waals surface area contributed by atoms with E-state index in [0.29, 0.717) is 32.2 Å². The molecule has 3 rings (SSSR count). The number of nitrogens with one attached hydrogen (secondary N) is 1. The number of piperidine rings is 1. The number of hydrogen-bond donors (Lipinski definition) is 2. The second-order valence-electron chi connectivity index (χ2n) is 7.80. The highest BCUT2D eigenvalue weighted by molar-refractivity contribution is 6.30. The molecule has 1 saturated heterocycles. The molecule has 154 valence electrons. The first-order valence-corrected chi connectivity index (χ1v) is 10.6. The zero-order valence-electron chi connectivity index (χ0n) is 16.6. The SMILES string of the molecule is CCOC(=O)N1CCC(NC(N)=NCC2(c3ccc(Cl)cc3)CCCC2)CC1. The molecule has 1 saturated carbocycles. The number of ether oxygens (including phenoxy) is 1. The number of likely N-dealkylation sites (tertiary alicyclic amines) is 1. The Morgan fingerprint density at radius 2 is 1.93 bits per heavy atom. The number of carbonyl (C=O) groups is 1. The summed E-state index contributed by atoms with van der Waals surface area (Å²) < 4.78 is 5.06. The number of hydrogen-bond acceptors (Lipinski definition) is 3. The molecular formula is C21H31ClN4O2. The predicted molar refractivity (Wildman–Crippen MR) is 113 cm³/mol. The normalized spacial score (nSPS) is 20.2. The summed E-state index contributed by atoms with van der Waals surface area (Å²) in [6.07, 6.45) is 6.16. The second kappa shape index (κ2) is 9.50. The van der Waals surface area contributed by atoms with Gasteiger partial charge in [0.2, 0.25) is 0 Å². The number of guanidine groups is 1. The van der Waals surface area contributed by atoms with Gasteiger partial charge in [0.1, 0.15) is 0 Å². The van der Waals surface area contributed by atoms with Gasteiger partial charge in [-0.2, -0.15) is 0 Å². The van der Waals surface area contributed by atoms with E-state index in [1.807, 2.05) is 19.1 Å². The van der Waals surface area contributed by atoms with Crippen molar-refractivity contribution >= 4 is 23.7 Å². The van der Waals surface area contributed by atoms with Gasteiger partial charge in [-0.1, -0.05) is 36.6 Å². The lowest BCUT2D eigenvalue weighted by Gasteiger charge is -2.32. The van der Waals surface area contributed by atoms with Gasteiger partial charge in [0.25, 0.3) is 0 Å². The van der Waals surface area contributed by atoms with Crippen molar-refractivity contribution in [1.82, 2.24) is 10.2 Å². The third-order valence-corrected chi connectivity index (χ3v) is 6.19. The van der Waals surface area contributed by atoms with E-state index in [0.717, 1.165) is 30.7 Å². The molecule has 1 aliphatic heterocycles. The Kier molecular flexibility index (Phi) is 7.05. The summed E-state index contributed by atoms with van der Waals surface area (Å²) in [5.41, 5.74) is 7.56. The highest BCUT2D eigenvalue weighted by Gasteiger charge is 2.35. The number of rotatable bonds is 5. The summed E-state index contributed by atoms with van der Waals surface area (Å²) in [4.78, 5) is 18.2. The second-order valence-corrected chi connectivity index (χ2v) is 8.24. The molecule has 0 radical (unpaired) electrons. The average Bonchev–Trinajstić information content (AvgIpc) is 3.18. The van der Waals surface area contributed by atoms with Crippen LogP contribution in [0.15, 0.2) is 29.3 Å². The Morgan fingerprint density at radius 3 is 2.54 bits per heavy atom. The largest absolute Gasteiger partial charge is 0.450 e. The number of nitrogens with zero attached hydrogens (tertiary/aromatic N) is 2. The van der Waals surface area contributed by atoms with Gasteiger partial charge >= 0.3 is 6.09 Å². The Balaban J connectivity index is 1.55. The lowest BCUT2D eigenvalue weighted by Crippen LogP contribution is -2.48. The summed E-state index contributed by atoms with van der Waals surface area (Å²) in [5, 5.41) is 4.10. The number of benzene rings is 1. The van der Waals surface area contributed by atoms with Gasteiger partial charge in [0, 0.05) is 29.6 Å². The van der Waals surface area contributed by atoms with Crippen LogP contribution in [0.4, 0.5) is 4.79 Å². The Labute approximate surface area is 172 Å².